The number of nitrogens with zero attached hydrogens (tertiary/aromatic N) is 2. The maximum absolute atomic E-state index is 12.7. The van der Waals surface area contributed by atoms with Gasteiger partial charge in [-0.2, -0.15) is 0 Å². The molecule has 0 radical (unpaired) electrons. The second-order valence-corrected chi connectivity index (χ2v) is 6.99. The van der Waals surface area contributed by atoms with Crippen molar-refractivity contribution >= 4 is 11.6 Å². The van der Waals surface area contributed by atoms with Crippen molar-refractivity contribution in [1.29, 1.82) is 0 Å². The minimum absolute atomic E-state index is 0.00810. The Labute approximate surface area is 147 Å². The van der Waals surface area contributed by atoms with Crippen molar-refractivity contribution in [2.75, 3.05) is 18.0 Å². The second-order valence-electron chi connectivity index (χ2n) is 6.99. The highest BCUT2D eigenvalue weighted by Gasteiger charge is 2.36. The molecule has 1 fully saturated rings. The largest absolute Gasteiger partial charge is 0.393 e. The summed E-state index contributed by atoms with van der Waals surface area (Å²) >= 11 is 0. The minimum atomic E-state index is -0.251. The van der Waals surface area contributed by atoms with Gasteiger partial charge in [0.05, 0.1) is 24.4 Å². The number of carbonyl (C=O) groups is 1. The summed E-state index contributed by atoms with van der Waals surface area (Å²) in [4.78, 5) is 19.2. The smallest absolute Gasteiger partial charge is 0.240 e. The zero-order valence-corrected chi connectivity index (χ0v) is 14.1. The van der Waals surface area contributed by atoms with Crippen molar-refractivity contribution in [3.8, 4) is 0 Å². The number of pyridine rings is 1. The minimum Gasteiger partial charge on any atom is -0.393 e. The molecule has 0 bridgehead atoms. The highest BCUT2D eigenvalue weighted by molar-refractivity contribution is 5.82. The first-order chi connectivity index (χ1) is 12.2. The highest BCUT2D eigenvalue weighted by atomic mass is 16.3. The van der Waals surface area contributed by atoms with E-state index in [4.69, 9.17) is 0 Å². The van der Waals surface area contributed by atoms with Gasteiger partial charge in [0.25, 0.3) is 0 Å². The number of anilines is 1. The van der Waals surface area contributed by atoms with Gasteiger partial charge in [-0.1, -0.05) is 24.3 Å². The fourth-order valence-corrected chi connectivity index (χ4v) is 3.86. The Bertz CT molecular complexity index is 744. The van der Waals surface area contributed by atoms with Crippen LogP contribution < -0.4 is 10.2 Å². The highest BCUT2D eigenvalue weighted by Crippen LogP contribution is 2.37. The molecule has 1 atom stereocenters. The van der Waals surface area contributed by atoms with E-state index in [0.717, 1.165) is 24.3 Å². The zero-order chi connectivity index (χ0) is 17.2. The van der Waals surface area contributed by atoms with Gasteiger partial charge >= 0.3 is 0 Å². The van der Waals surface area contributed by atoms with Gasteiger partial charge in [-0.25, -0.2) is 0 Å². The van der Waals surface area contributed by atoms with Crippen LogP contribution >= 0.6 is 0 Å². The van der Waals surface area contributed by atoms with Gasteiger partial charge in [-0.05, 0) is 48.9 Å². The summed E-state index contributed by atoms with van der Waals surface area (Å²) in [6.45, 7) is 1.23. The molecule has 1 aromatic heterocycles. The first-order valence-corrected chi connectivity index (χ1v) is 8.92. The fraction of sp³-hybridized carbons (Fsp3) is 0.400. The molecule has 5 heteroatoms. The number of fused-ring (bicyclic) bond motifs is 1. The average Bonchev–Trinajstić information content (AvgIpc) is 3.01. The Morgan fingerprint density at radius 3 is 2.80 bits per heavy atom. The van der Waals surface area contributed by atoms with Crippen molar-refractivity contribution in [1.82, 2.24) is 10.3 Å². The SMILES string of the molecule is O=C(CN1CCc2ccccc21)NC(c1ccccn1)C1CC(O)C1. The Kier molecular flexibility index (Phi) is 4.40. The molecular weight excluding hydrogens is 314 g/mol. The molecule has 0 saturated heterocycles. The molecule has 1 aromatic carbocycles. The quantitative estimate of drug-likeness (QED) is 0.877. The van der Waals surface area contributed by atoms with E-state index < -0.39 is 0 Å². The lowest BCUT2D eigenvalue weighted by Gasteiger charge is -2.38. The third kappa shape index (κ3) is 3.37. The van der Waals surface area contributed by atoms with Crippen molar-refractivity contribution in [2.45, 2.75) is 31.4 Å². The third-order valence-electron chi connectivity index (χ3n) is 5.26. The molecule has 1 aliphatic heterocycles. The molecule has 2 aliphatic rings. The number of rotatable bonds is 5. The van der Waals surface area contributed by atoms with Gasteiger partial charge in [-0.3, -0.25) is 9.78 Å². The molecule has 1 unspecified atom stereocenters. The van der Waals surface area contributed by atoms with Crippen LogP contribution in [0.25, 0.3) is 0 Å². The standard InChI is InChI=1S/C20H23N3O2/c24-16-11-15(12-16)20(17-6-3-4-9-21-17)22-19(25)13-23-10-8-14-5-1-2-7-18(14)23/h1-7,9,15-16,20,24H,8,10-13H2,(H,22,25). The predicted octanol–water partition coefficient (Wildman–Crippen LogP) is 2.07. The summed E-state index contributed by atoms with van der Waals surface area (Å²) in [5.41, 5.74) is 3.33. The van der Waals surface area contributed by atoms with Gasteiger partial charge in [-0.15, -0.1) is 0 Å². The number of hydrogen-bond donors (Lipinski definition) is 2. The van der Waals surface area contributed by atoms with E-state index in [1.807, 2.05) is 30.3 Å². The van der Waals surface area contributed by atoms with E-state index in [1.54, 1.807) is 6.20 Å². The van der Waals surface area contributed by atoms with Gasteiger partial charge in [0.15, 0.2) is 0 Å². The Morgan fingerprint density at radius 2 is 2.04 bits per heavy atom. The van der Waals surface area contributed by atoms with E-state index >= 15 is 0 Å². The summed E-state index contributed by atoms with van der Waals surface area (Å²) in [7, 11) is 0. The van der Waals surface area contributed by atoms with Gasteiger partial charge < -0.3 is 15.3 Å². The normalized spacial score (nSPS) is 22.8. The topological polar surface area (TPSA) is 65.5 Å². The average molecular weight is 337 g/mol. The molecule has 25 heavy (non-hydrogen) atoms. The molecule has 2 aromatic rings. The number of carbonyl (C=O) groups excluding carboxylic acids is 1. The number of amides is 1. The number of aromatic nitrogens is 1. The van der Waals surface area contributed by atoms with Crippen LogP contribution in [0, 0.1) is 5.92 Å². The van der Waals surface area contributed by atoms with Crippen LogP contribution in [0.1, 0.15) is 30.1 Å². The maximum Gasteiger partial charge on any atom is 0.240 e. The van der Waals surface area contributed by atoms with E-state index in [-0.39, 0.29) is 24.0 Å². The summed E-state index contributed by atoms with van der Waals surface area (Å²) in [5.74, 6) is 0.258. The van der Waals surface area contributed by atoms with Crippen LogP contribution in [-0.2, 0) is 11.2 Å². The van der Waals surface area contributed by atoms with Crippen molar-refractivity contribution in [3.05, 3.63) is 59.9 Å². The number of nitrogens with one attached hydrogen (secondary N) is 1. The zero-order valence-electron chi connectivity index (χ0n) is 14.1. The van der Waals surface area contributed by atoms with E-state index in [1.165, 1.54) is 5.56 Å². The van der Waals surface area contributed by atoms with Crippen LogP contribution in [0.5, 0.6) is 0 Å². The summed E-state index contributed by atoms with van der Waals surface area (Å²) in [5, 5.41) is 12.8. The maximum atomic E-state index is 12.7. The lowest BCUT2D eigenvalue weighted by Crippen LogP contribution is -2.45. The van der Waals surface area contributed by atoms with Crippen molar-refractivity contribution in [2.24, 2.45) is 5.92 Å². The van der Waals surface area contributed by atoms with Crippen molar-refractivity contribution < 1.29 is 9.90 Å². The van der Waals surface area contributed by atoms with Gasteiger partial charge in [0, 0.05) is 18.4 Å². The summed E-state index contributed by atoms with van der Waals surface area (Å²) in [6, 6.07) is 13.9. The molecular formula is C20H23N3O2. The van der Waals surface area contributed by atoms with Crippen LogP contribution in [-0.4, -0.2) is 35.2 Å². The number of benzene rings is 1. The molecule has 130 valence electrons. The Hall–Kier alpha value is -2.40. The number of aliphatic hydroxyl groups is 1. The van der Waals surface area contributed by atoms with Crippen molar-refractivity contribution in [3.63, 3.8) is 0 Å². The lowest BCUT2D eigenvalue weighted by atomic mass is 9.76. The van der Waals surface area contributed by atoms with Crippen LogP contribution in [0.4, 0.5) is 5.69 Å². The molecule has 4 rings (SSSR count). The van der Waals surface area contributed by atoms with E-state index in [9.17, 15) is 9.90 Å². The molecule has 2 N–H and O–H groups in total. The molecule has 1 amide bonds. The second kappa shape index (κ2) is 6.84. The Balaban J connectivity index is 1.44. The van der Waals surface area contributed by atoms with Gasteiger partial charge in [0.2, 0.25) is 5.91 Å². The van der Waals surface area contributed by atoms with Crippen LogP contribution in [0.3, 0.4) is 0 Å². The first-order valence-electron chi connectivity index (χ1n) is 8.92. The molecule has 2 heterocycles. The predicted molar refractivity (Wildman–Crippen MR) is 96.2 cm³/mol. The van der Waals surface area contributed by atoms with Crippen LogP contribution in [0.2, 0.25) is 0 Å². The third-order valence-corrected chi connectivity index (χ3v) is 5.26. The van der Waals surface area contributed by atoms with E-state index in [0.29, 0.717) is 19.4 Å². The van der Waals surface area contributed by atoms with E-state index in [2.05, 4.69) is 27.3 Å². The number of para-hydroxylation sites is 1. The number of hydrogen-bond acceptors (Lipinski definition) is 4. The molecule has 1 saturated carbocycles. The fourth-order valence-electron chi connectivity index (χ4n) is 3.86. The summed E-state index contributed by atoms with van der Waals surface area (Å²) in [6.07, 6.45) is 3.92. The monoisotopic (exact) mass is 337 g/mol. The Morgan fingerprint density at radius 1 is 1.24 bits per heavy atom. The van der Waals surface area contributed by atoms with Crippen LogP contribution in [0.15, 0.2) is 48.7 Å². The molecule has 5 nitrogen and oxygen atoms in total. The number of aliphatic hydroxyl groups excluding tert-OH is 1. The summed E-state index contributed by atoms with van der Waals surface area (Å²) < 4.78 is 0. The molecule has 0 spiro atoms. The lowest BCUT2D eigenvalue weighted by molar-refractivity contribution is -0.121. The van der Waals surface area contributed by atoms with Gasteiger partial charge in [0.1, 0.15) is 0 Å². The first kappa shape index (κ1) is 16.1. The molecule has 1 aliphatic carbocycles.